The summed E-state index contributed by atoms with van der Waals surface area (Å²) in [6.07, 6.45) is 3.54. The topological polar surface area (TPSA) is 125 Å². The number of ether oxygens (including phenoxy) is 1. The summed E-state index contributed by atoms with van der Waals surface area (Å²) in [5, 5.41) is 14.1. The molecule has 0 saturated heterocycles. The molecule has 0 saturated carbocycles. The van der Waals surface area contributed by atoms with E-state index in [1.165, 1.54) is 24.4 Å². The lowest BCUT2D eigenvalue weighted by Crippen LogP contribution is -2.41. The number of hydrogen-bond donors (Lipinski definition) is 3. The molecule has 2 aliphatic heterocycles. The first-order chi connectivity index (χ1) is 21.6. The van der Waals surface area contributed by atoms with E-state index < -0.39 is 35.6 Å². The fourth-order valence-corrected chi connectivity index (χ4v) is 5.73. The Morgan fingerprint density at radius 1 is 1.16 bits per heavy atom. The molecule has 13 heteroatoms. The van der Waals surface area contributed by atoms with Gasteiger partial charge in [-0.05, 0) is 61.7 Å². The van der Waals surface area contributed by atoms with E-state index in [4.69, 9.17) is 11.6 Å². The number of pyridine rings is 1. The Kier molecular flexibility index (Phi) is 9.62. The Morgan fingerprint density at radius 3 is 2.73 bits per heavy atom. The highest BCUT2D eigenvalue weighted by Gasteiger charge is 2.35. The van der Waals surface area contributed by atoms with Gasteiger partial charge in [0.15, 0.2) is 5.82 Å². The van der Waals surface area contributed by atoms with E-state index in [-0.39, 0.29) is 35.0 Å². The van der Waals surface area contributed by atoms with Crippen molar-refractivity contribution in [1.82, 2.24) is 10.3 Å². The Bertz CT molecular complexity index is 1650. The van der Waals surface area contributed by atoms with Crippen molar-refractivity contribution in [2.45, 2.75) is 45.1 Å². The molecule has 4 unspecified atom stereocenters. The molecule has 3 N–H and O–H groups in total. The normalized spacial score (nSPS) is 21.2. The van der Waals surface area contributed by atoms with E-state index in [2.05, 4.69) is 30.8 Å². The second-order valence-corrected chi connectivity index (χ2v) is 11.6. The van der Waals surface area contributed by atoms with Crippen LogP contribution in [0.3, 0.4) is 0 Å². The summed E-state index contributed by atoms with van der Waals surface area (Å²) in [5.41, 5.74) is 2.26. The van der Waals surface area contributed by atoms with Crippen LogP contribution in [0.1, 0.15) is 44.6 Å². The molecule has 5 rings (SSSR count). The van der Waals surface area contributed by atoms with Gasteiger partial charge < -0.3 is 15.4 Å². The first-order valence-corrected chi connectivity index (χ1v) is 15.0. The second-order valence-electron chi connectivity index (χ2n) is 11.2. The third kappa shape index (κ3) is 6.90. The molecule has 0 radical (unpaired) electrons. The van der Waals surface area contributed by atoms with E-state index in [1.807, 2.05) is 6.92 Å². The van der Waals surface area contributed by atoms with Gasteiger partial charge in [0.25, 0.3) is 0 Å². The molecule has 2 aromatic carbocycles. The second kappa shape index (κ2) is 13.6. The minimum Gasteiger partial charge on any atom is -0.453 e. The van der Waals surface area contributed by atoms with Crippen LogP contribution in [0.5, 0.6) is 0 Å². The molecule has 236 valence electrons. The van der Waals surface area contributed by atoms with Crippen LogP contribution in [0.2, 0.25) is 5.02 Å². The van der Waals surface area contributed by atoms with E-state index >= 15 is 4.39 Å². The summed E-state index contributed by atoms with van der Waals surface area (Å²) in [7, 11) is 1.24. The number of hydrogen-bond acceptors (Lipinski definition) is 7. The van der Waals surface area contributed by atoms with Crippen LogP contribution in [-0.4, -0.2) is 48.8 Å². The van der Waals surface area contributed by atoms with Gasteiger partial charge in [-0.3, -0.25) is 24.9 Å². The van der Waals surface area contributed by atoms with Gasteiger partial charge in [-0.15, -0.1) is 0 Å². The number of aromatic nitrogens is 1. The van der Waals surface area contributed by atoms with Crippen molar-refractivity contribution in [3.8, 4) is 11.3 Å². The summed E-state index contributed by atoms with van der Waals surface area (Å²) < 4.78 is 34.7. The number of nitrogens with zero attached hydrogens (tertiary/aromatic N) is 3. The van der Waals surface area contributed by atoms with Gasteiger partial charge >= 0.3 is 6.09 Å². The number of anilines is 3. The number of amides is 3. The van der Waals surface area contributed by atoms with Crippen LogP contribution in [0, 0.1) is 23.5 Å². The monoisotopic (exact) mass is 638 g/mol. The minimum atomic E-state index is -0.684. The third-order valence-corrected chi connectivity index (χ3v) is 8.50. The van der Waals surface area contributed by atoms with Gasteiger partial charge in [-0.2, -0.15) is 5.10 Å². The number of rotatable bonds is 5. The van der Waals surface area contributed by atoms with Crippen molar-refractivity contribution < 1.29 is 27.9 Å². The molecular formula is C32H33ClF2N6O4. The predicted molar refractivity (Wildman–Crippen MR) is 168 cm³/mol. The summed E-state index contributed by atoms with van der Waals surface area (Å²) in [6.45, 7) is 3.69. The summed E-state index contributed by atoms with van der Waals surface area (Å²) in [6, 6.07) is 10.6. The van der Waals surface area contributed by atoms with Crippen LogP contribution in [-0.2, 0) is 14.3 Å². The van der Waals surface area contributed by atoms with E-state index in [9.17, 15) is 18.8 Å². The van der Waals surface area contributed by atoms with Gasteiger partial charge in [0, 0.05) is 35.8 Å². The largest absolute Gasteiger partial charge is 0.453 e. The first-order valence-electron chi connectivity index (χ1n) is 14.6. The Hall–Kier alpha value is -4.58. The zero-order chi connectivity index (χ0) is 32.2. The molecule has 2 aliphatic rings. The van der Waals surface area contributed by atoms with Crippen LogP contribution in [0.25, 0.3) is 11.3 Å². The standard InChI is InChI=1S/C32H33ClF2N6O4/c1-17-6-4-7-19(14-37-31(43)23-15-38-41(18(23)2)28-9-5-8-24(33)29(28)35)22-13-26(36-16-25(22)34)21-11-10-20(39-32(44)45-3)12-27(21)40-30(17)42/h5,8-13,15-19,23H,4,6-7,14H2,1-3H3,(H,37,43)(H,39,44)(H,40,42). The predicted octanol–water partition coefficient (Wildman–Crippen LogP) is 6.33. The summed E-state index contributed by atoms with van der Waals surface area (Å²) >= 11 is 5.95. The molecule has 0 aliphatic carbocycles. The van der Waals surface area contributed by atoms with Gasteiger partial charge in [0.2, 0.25) is 11.8 Å². The van der Waals surface area contributed by atoms with Crippen molar-refractivity contribution in [2.75, 3.05) is 29.3 Å². The van der Waals surface area contributed by atoms with Crippen molar-refractivity contribution >= 4 is 52.8 Å². The van der Waals surface area contributed by atoms with Crippen LogP contribution in [0.15, 0.2) is 53.8 Å². The number of carbonyl (C=O) groups excluding carboxylic acids is 3. The summed E-state index contributed by atoms with van der Waals surface area (Å²) in [5.74, 6) is -3.16. The van der Waals surface area contributed by atoms with Crippen molar-refractivity contribution in [1.29, 1.82) is 0 Å². The first kappa shape index (κ1) is 31.8. The zero-order valence-corrected chi connectivity index (χ0v) is 25.7. The molecule has 3 amide bonds. The van der Waals surface area contributed by atoms with E-state index in [0.29, 0.717) is 47.5 Å². The summed E-state index contributed by atoms with van der Waals surface area (Å²) in [4.78, 5) is 42.5. The molecule has 3 heterocycles. The fraction of sp³-hybridized carbons (Fsp3) is 0.344. The molecule has 4 atom stereocenters. The average Bonchev–Trinajstić information content (AvgIpc) is 3.40. The van der Waals surface area contributed by atoms with Crippen molar-refractivity contribution in [3.63, 3.8) is 0 Å². The van der Waals surface area contributed by atoms with Crippen LogP contribution < -0.4 is 21.0 Å². The maximum Gasteiger partial charge on any atom is 0.411 e. The molecule has 0 spiro atoms. The highest BCUT2D eigenvalue weighted by molar-refractivity contribution is 6.31. The highest BCUT2D eigenvalue weighted by atomic mass is 35.5. The Morgan fingerprint density at radius 2 is 1.96 bits per heavy atom. The van der Waals surface area contributed by atoms with Gasteiger partial charge in [-0.1, -0.05) is 31.0 Å². The van der Waals surface area contributed by atoms with Crippen molar-refractivity contribution in [2.24, 2.45) is 16.9 Å². The lowest BCUT2D eigenvalue weighted by atomic mass is 9.89. The molecule has 3 aromatic rings. The smallest absolute Gasteiger partial charge is 0.411 e. The fourth-order valence-electron chi connectivity index (χ4n) is 5.56. The molecule has 1 aromatic heterocycles. The van der Waals surface area contributed by atoms with Gasteiger partial charge in [0.05, 0.1) is 47.4 Å². The zero-order valence-electron chi connectivity index (χ0n) is 24.9. The number of nitrogens with one attached hydrogen (secondary N) is 3. The minimum absolute atomic E-state index is 0.0447. The quantitative estimate of drug-likeness (QED) is 0.300. The number of halogens is 3. The Balaban J connectivity index is 1.39. The molecule has 10 nitrogen and oxygen atoms in total. The lowest BCUT2D eigenvalue weighted by molar-refractivity contribution is -0.123. The van der Waals surface area contributed by atoms with Gasteiger partial charge in [0.1, 0.15) is 5.82 Å². The van der Waals surface area contributed by atoms with Crippen LogP contribution >= 0.6 is 11.6 Å². The Labute approximate surface area is 264 Å². The molecule has 0 fully saturated rings. The number of benzene rings is 2. The SMILES string of the molecule is COC(=O)Nc1ccc2c(c1)NC(=O)C(C)CCCC(CNC(=O)C1C=NN(c3cccc(Cl)c3F)C1C)c1cc-2ncc1F. The molecule has 45 heavy (non-hydrogen) atoms. The average molecular weight is 639 g/mol. The molecular weight excluding hydrogens is 606 g/mol. The maximum atomic E-state index is 15.4. The molecule has 2 bridgehead atoms. The number of methoxy groups -OCH3 is 1. The maximum absolute atomic E-state index is 15.4. The highest BCUT2D eigenvalue weighted by Crippen LogP contribution is 2.35. The van der Waals surface area contributed by atoms with Crippen LogP contribution in [0.4, 0.5) is 30.6 Å². The third-order valence-electron chi connectivity index (χ3n) is 8.21. The van der Waals surface area contributed by atoms with E-state index in [1.54, 1.807) is 43.3 Å². The number of hydrazone groups is 1. The van der Waals surface area contributed by atoms with Crippen molar-refractivity contribution in [3.05, 3.63) is 70.9 Å². The lowest BCUT2D eigenvalue weighted by Gasteiger charge is -2.26. The van der Waals surface area contributed by atoms with Gasteiger partial charge in [-0.25, -0.2) is 13.6 Å². The number of carbonyl (C=O) groups is 3. The number of fused-ring (bicyclic) bond motifs is 4. The van der Waals surface area contributed by atoms with E-state index in [0.717, 1.165) is 6.20 Å².